The van der Waals surface area contributed by atoms with E-state index < -0.39 is 29.8 Å². The Morgan fingerprint density at radius 3 is 2.09 bits per heavy atom. The molecule has 0 spiro atoms. The maximum atomic E-state index is 12.5. The number of carbonyl (C=O) groups excluding carboxylic acids is 2. The van der Waals surface area contributed by atoms with Crippen molar-refractivity contribution in [3.05, 3.63) is 77.6 Å². The molecule has 3 aromatic rings. The Balaban J connectivity index is 1.33. The third-order valence-corrected chi connectivity index (χ3v) is 6.15. The molecule has 1 aliphatic rings. The molecule has 2 aromatic carbocycles. The van der Waals surface area contributed by atoms with Crippen LogP contribution in [0.25, 0.3) is 11.1 Å². The molecule has 2 atom stereocenters. The first kappa shape index (κ1) is 24.0. The number of aliphatic hydroxyl groups excluding tert-OH is 1. The monoisotopic (exact) mass is 475 g/mol. The summed E-state index contributed by atoms with van der Waals surface area (Å²) < 4.78 is 4.96. The van der Waals surface area contributed by atoms with Gasteiger partial charge in [0.2, 0.25) is 0 Å². The van der Waals surface area contributed by atoms with E-state index in [4.69, 9.17) is 4.74 Å². The minimum atomic E-state index is -1.16. The lowest BCUT2D eigenvalue weighted by Gasteiger charge is -2.22. The lowest BCUT2D eigenvalue weighted by molar-refractivity contribution is -0.146. The van der Waals surface area contributed by atoms with E-state index in [-0.39, 0.29) is 25.4 Å². The molecule has 9 heteroatoms. The molecule has 2 amide bonds. The number of aliphatic carboxylic acids is 1. The van der Waals surface area contributed by atoms with Crippen molar-refractivity contribution in [2.24, 2.45) is 5.92 Å². The van der Waals surface area contributed by atoms with Crippen LogP contribution in [0, 0.1) is 5.92 Å². The highest BCUT2D eigenvalue weighted by molar-refractivity contribution is 6.21. The lowest BCUT2D eigenvalue weighted by atomic mass is 9.93. The number of aromatic nitrogens is 2. The fraction of sp³-hybridized carbons (Fsp3) is 0.269. The van der Waals surface area contributed by atoms with Gasteiger partial charge in [0.15, 0.2) is 0 Å². The Morgan fingerprint density at radius 2 is 1.54 bits per heavy atom. The molecule has 1 aliphatic heterocycles. The summed E-state index contributed by atoms with van der Waals surface area (Å²) in [6.07, 6.45) is 2.87. The van der Waals surface area contributed by atoms with Crippen molar-refractivity contribution >= 4 is 17.8 Å². The van der Waals surface area contributed by atoms with Crippen LogP contribution in [0.3, 0.4) is 0 Å². The second kappa shape index (κ2) is 10.4. The van der Waals surface area contributed by atoms with Gasteiger partial charge in [-0.15, -0.1) is 0 Å². The molecule has 2 N–H and O–H groups in total. The summed E-state index contributed by atoms with van der Waals surface area (Å²) in [7, 11) is 1.50. The van der Waals surface area contributed by atoms with Crippen LogP contribution >= 0.6 is 0 Å². The van der Waals surface area contributed by atoms with Crippen molar-refractivity contribution in [2.75, 3.05) is 13.7 Å². The highest BCUT2D eigenvalue weighted by Gasteiger charge is 2.36. The minimum absolute atomic E-state index is 0.0294. The molecule has 0 radical (unpaired) electrons. The maximum Gasteiger partial charge on any atom is 0.316 e. The molecule has 0 bridgehead atoms. The van der Waals surface area contributed by atoms with E-state index in [9.17, 15) is 24.6 Å². The van der Waals surface area contributed by atoms with Gasteiger partial charge in [-0.25, -0.2) is 9.97 Å². The number of carboxylic acid groups (broad SMARTS) is 1. The highest BCUT2D eigenvalue weighted by Crippen LogP contribution is 2.25. The largest absolute Gasteiger partial charge is 0.481 e. The second-order valence-corrected chi connectivity index (χ2v) is 8.30. The Kier molecular flexibility index (Phi) is 7.17. The topological polar surface area (TPSA) is 130 Å². The Hall–Kier alpha value is -4.11. The number of methoxy groups -OCH3 is 1. The van der Waals surface area contributed by atoms with Crippen LogP contribution in [-0.2, 0) is 11.2 Å². The Bertz CT molecular complexity index is 1190. The average molecular weight is 476 g/mol. The van der Waals surface area contributed by atoms with E-state index in [1.807, 2.05) is 24.3 Å². The number of nitrogens with zero attached hydrogens (tertiary/aromatic N) is 3. The average Bonchev–Trinajstić information content (AvgIpc) is 3.12. The van der Waals surface area contributed by atoms with Crippen molar-refractivity contribution in [1.82, 2.24) is 14.9 Å². The van der Waals surface area contributed by atoms with Crippen LogP contribution in [-0.4, -0.2) is 62.6 Å². The molecule has 0 saturated heterocycles. The van der Waals surface area contributed by atoms with E-state index in [2.05, 4.69) is 9.97 Å². The summed E-state index contributed by atoms with van der Waals surface area (Å²) in [5, 5.41) is 20.3. The van der Waals surface area contributed by atoms with Crippen molar-refractivity contribution in [1.29, 1.82) is 0 Å². The van der Waals surface area contributed by atoms with Gasteiger partial charge in [-0.3, -0.25) is 19.3 Å². The number of aryl methyl sites for hydroxylation is 1. The molecule has 1 aromatic heterocycles. The molecule has 35 heavy (non-hydrogen) atoms. The summed E-state index contributed by atoms with van der Waals surface area (Å²) in [5.41, 5.74) is 3.31. The SMILES string of the molecule is COc1ncc(-c2ccc(CC[C@@H](O)[C@H](CCN3C(=O)c4ccccc4C3=O)C(=O)O)cc2)cn1. The Labute approximate surface area is 202 Å². The first-order valence-electron chi connectivity index (χ1n) is 11.2. The van der Waals surface area contributed by atoms with Crippen LogP contribution in [0.1, 0.15) is 39.1 Å². The quantitative estimate of drug-likeness (QED) is 0.428. The number of hydrogen-bond acceptors (Lipinski definition) is 7. The molecule has 0 aliphatic carbocycles. The highest BCUT2D eigenvalue weighted by atomic mass is 16.5. The van der Waals surface area contributed by atoms with Gasteiger partial charge in [0.25, 0.3) is 11.8 Å². The number of fused-ring (bicyclic) bond motifs is 1. The van der Waals surface area contributed by atoms with Gasteiger partial charge in [-0.05, 0) is 42.5 Å². The third-order valence-electron chi connectivity index (χ3n) is 6.15. The zero-order valence-corrected chi connectivity index (χ0v) is 19.1. The predicted molar refractivity (Wildman–Crippen MR) is 126 cm³/mol. The van der Waals surface area contributed by atoms with Crippen LogP contribution in [0.2, 0.25) is 0 Å². The number of aliphatic hydroxyl groups is 1. The molecule has 2 heterocycles. The van der Waals surface area contributed by atoms with Crippen molar-refractivity contribution in [3.8, 4) is 17.1 Å². The van der Waals surface area contributed by atoms with Crippen LogP contribution in [0.15, 0.2) is 60.9 Å². The van der Waals surface area contributed by atoms with Crippen molar-refractivity contribution < 1.29 is 29.3 Å². The van der Waals surface area contributed by atoms with E-state index in [1.54, 1.807) is 36.7 Å². The first-order chi connectivity index (χ1) is 16.9. The summed E-state index contributed by atoms with van der Waals surface area (Å²) >= 11 is 0. The van der Waals surface area contributed by atoms with Gasteiger partial charge < -0.3 is 14.9 Å². The summed E-state index contributed by atoms with van der Waals surface area (Å²) in [4.78, 5) is 46.1. The fourth-order valence-corrected chi connectivity index (χ4v) is 4.14. The normalized spacial score (nSPS) is 14.5. The Morgan fingerprint density at radius 1 is 0.943 bits per heavy atom. The van der Waals surface area contributed by atoms with E-state index >= 15 is 0 Å². The zero-order chi connectivity index (χ0) is 24.9. The molecular formula is C26H25N3O6. The lowest BCUT2D eigenvalue weighted by Crippen LogP contribution is -2.36. The number of imide groups is 1. The van der Waals surface area contributed by atoms with Crippen LogP contribution in [0.4, 0.5) is 0 Å². The minimum Gasteiger partial charge on any atom is -0.481 e. The molecule has 4 rings (SSSR count). The zero-order valence-electron chi connectivity index (χ0n) is 19.1. The molecule has 180 valence electrons. The third kappa shape index (κ3) is 5.20. The molecule has 9 nitrogen and oxygen atoms in total. The van der Waals surface area contributed by atoms with Gasteiger partial charge in [-0.2, -0.15) is 0 Å². The number of carboxylic acids is 1. The van der Waals surface area contributed by atoms with Crippen LogP contribution in [0.5, 0.6) is 6.01 Å². The number of hydrogen-bond donors (Lipinski definition) is 2. The van der Waals surface area contributed by atoms with E-state index in [0.717, 1.165) is 21.6 Å². The molecule has 0 saturated carbocycles. The number of rotatable bonds is 10. The van der Waals surface area contributed by atoms with Gasteiger partial charge >= 0.3 is 12.0 Å². The van der Waals surface area contributed by atoms with Gasteiger partial charge in [-0.1, -0.05) is 36.4 Å². The summed E-state index contributed by atoms with van der Waals surface area (Å²) in [6.45, 7) is -0.0704. The molecule has 0 fully saturated rings. The van der Waals surface area contributed by atoms with Crippen molar-refractivity contribution in [2.45, 2.75) is 25.4 Å². The first-order valence-corrected chi connectivity index (χ1v) is 11.2. The fourth-order valence-electron chi connectivity index (χ4n) is 4.14. The number of carbonyl (C=O) groups is 3. The van der Waals surface area contributed by atoms with Gasteiger partial charge in [0.05, 0.1) is 30.3 Å². The molecule has 0 unspecified atom stereocenters. The summed E-state index contributed by atoms with van der Waals surface area (Å²) in [6, 6.07) is 14.4. The predicted octanol–water partition coefficient (Wildman–Crippen LogP) is 2.83. The van der Waals surface area contributed by atoms with Gasteiger partial charge in [0.1, 0.15) is 0 Å². The maximum absolute atomic E-state index is 12.5. The number of benzene rings is 2. The van der Waals surface area contributed by atoms with Gasteiger partial charge in [0, 0.05) is 24.5 Å². The summed E-state index contributed by atoms with van der Waals surface area (Å²) in [5.74, 6) is -3.14. The second-order valence-electron chi connectivity index (χ2n) is 8.30. The van der Waals surface area contributed by atoms with E-state index in [1.165, 1.54) is 7.11 Å². The van der Waals surface area contributed by atoms with Crippen LogP contribution < -0.4 is 4.74 Å². The number of ether oxygens (including phenoxy) is 1. The molecular weight excluding hydrogens is 450 g/mol. The number of amides is 2. The standard InChI is InChI=1S/C26H25N3O6/c1-35-26-27-14-18(15-28-26)17-9-6-16(7-10-17)8-11-22(30)21(25(33)34)12-13-29-23(31)19-4-2-3-5-20(19)24(29)32/h2-7,9-10,14-15,21-22,30H,8,11-13H2,1H3,(H,33,34)/t21-,22+/m0/s1. The smallest absolute Gasteiger partial charge is 0.316 e. The van der Waals surface area contributed by atoms with Crippen molar-refractivity contribution in [3.63, 3.8) is 0 Å². The van der Waals surface area contributed by atoms with E-state index in [0.29, 0.717) is 17.5 Å².